The van der Waals surface area contributed by atoms with E-state index >= 15 is 0 Å². The highest BCUT2D eigenvalue weighted by atomic mass is 35.5. The molecule has 4 rings (SSSR count). The zero-order chi connectivity index (χ0) is 27.1. The predicted molar refractivity (Wildman–Crippen MR) is 150 cm³/mol. The lowest BCUT2D eigenvalue weighted by molar-refractivity contribution is -0.121. The Morgan fingerprint density at radius 2 is 1.82 bits per heavy atom. The van der Waals surface area contributed by atoms with E-state index in [9.17, 15) is 13.2 Å². The van der Waals surface area contributed by atoms with Gasteiger partial charge in [-0.25, -0.2) is 8.42 Å². The number of anilines is 1. The number of hydrogen-bond acceptors (Lipinski definition) is 6. The van der Waals surface area contributed by atoms with E-state index in [2.05, 4.69) is 15.6 Å². The number of aromatic nitrogens is 1. The summed E-state index contributed by atoms with van der Waals surface area (Å²) in [6.45, 7) is 2.26. The topological polar surface area (TPSA) is 101 Å². The van der Waals surface area contributed by atoms with Gasteiger partial charge in [-0.2, -0.15) is 4.31 Å². The van der Waals surface area contributed by atoms with Crippen molar-refractivity contribution in [2.24, 2.45) is 0 Å². The van der Waals surface area contributed by atoms with Crippen LogP contribution in [-0.4, -0.2) is 50.4 Å². The van der Waals surface area contributed by atoms with Gasteiger partial charge in [0.15, 0.2) is 0 Å². The van der Waals surface area contributed by atoms with Crippen molar-refractivity contribution in [2.45, 2.75) is 18.4 Å². The first kappa shape index (κ1) is 27.4. The fraction of sp³-hybridized carbons (Fsp3) is 0.214. The molecule has 1 heterocycles. The van der Waals surface area contributed by atoms with E-state index < -0.39 is 15.9 Å². The van der Waals surface area contributed by atoms with Gasteiger partial charge in [-0.15, -0.1) is 0 Å². The number of ether oxygens (including phenoxy) is 1. The molecule has 0 saturated heterocycles. The van der Waals surface area contributed by atoms with E-state index in [1.165, 1.54) is 17.5 Å². The van der Waals surface area contributed by atoms with Crippen LogP contribution in [0.3, 0.4) is 0 Å². The van der Waals surface area contributed by atoms with Crippen LogP contribution in [0.5, 0.6) is 5.75 Å². The van der Waals surface area contributed by atoms with Crippen molar-refractivity contribution in [1.82, 2.24) is 14.6 Å². The Balaban J connectivity index is 1.43. The summed E-state index contributed by atoms with van der Waals surface area (Å²) in [6, 6.07) is 21.2. The van der Waals surface area contributed by atoms with E-state index in [1.54, 1.807) is 37.4 Å². The SMILES string of the molecule is COc1ccc(S(=O)(=O)N(CC(=O)NCCNc2ccnc3cc(Cl)ccc23)Cc2ccccc2)cc1C. The Morgan fingerprint density at radius 3 is 2.55 bits per heavy atom. The third kappa shape index (κ3) is 6.61. The lowest BCUT2D eigenvalue weighted by Crippen LogP contribution is -2.41. The first-order chi connectivity index (χ1) is 18.3. The molecular weight excluding hydrogens is 524 g/mol. The summed E-state index contributed by atoms with van der Waals surface area (Å²) in [5.74, 6) is 0.191. The first-order valence-corrected chi connectivity index (χ1v) is 13.8. The second-order valence-corrected chi connectivity index (χ2v) is 11.1. The summed E-state index contributed by atoms with van der Waals surface area (Å²) < 4.78 is 33.6. The number of aryl methyl sites for hydroxylation is 1. The van der Waals surface area contributed by atoms with Gasteiger partial charge in [0, 0.05) is 41.9 Å². The quantitative estimate of drug-likeness (QED) is 0.263. The lowest BCUT2D eigenvalue weighted by atomic mass is 10.2. The molecule has 0 aliphatic carbocycles. The second-order valence-electron chi connectivity index (χ2n) is 8.69. The number of sulfonamides is 1. The average Bonchev–Trinajstić information content (AvgIpc) is 2.91. The summed E-state index contributed by atoms with van der Waals surface area (Å²) in [4.78, 5) is 17.3. The normalized spacial score (nSPS) is 11.5. The van der Waals surface area contributed by atoms with Crippen molar-refractivity contribution in [1.29, 1.82) is 0 Å². The molecule has 1 amide bonds. The molecule has 0 unspecified atom stereocenters. The Morgan fingerprint density at radius 1 is 1.03 bits per heavy atom. The van der Waals surface area contributed by atoms with E-state index in [0.717, 1.165) is 22.2 Å². The van der Waals surface area contributed by atoms with Crippen LogP contribution in [0.25, 0.3) is 10.9 Å². The van der Waals surface area contributed by atoms with E-state index in [0.29, 0.717) is 29.4 Å². The van der Waals surface area contributed by atoms with E-state index in [4.69, 9.17) is 16.3 Å². The van der Waals surface area contributed by atoms with Crippen LogP contribution in [0.4, 0.5) is 5.69 Å². The molecule has 198 valence electrons. The highest BCUT2D eigenvalue weighted by Gasteiger charge is 2.27. The average molecular weight is 553 g/mol. The van der Waals surface area contributed by atoms with Crippen LogP contribution in [0.2, 0.25) is 5.02 Å². The van der Waals surface area contributed by atoms with E-state index in [1.807, 2.05) is 42.5 Å². The minimum Gasteiger partial charge on any atom is -0.496 e. The zero-order valence-electron chi connectivity index (χ0n) is 21.1. The molecule has 3 aromatic carbocycles. The molecule has 0 radical (unpaired) electrons. The lowest BCUT2D eigenvalue weighted by Gasteiger charge is -2.22. The van der Waals surface area contributed by atoms with Crippen LogP contribution >= 0.6 is 11.6 Å². The third-order valence-corrected chi connectivity index (χ3v) is 8.02. The Kier molecular flexibility index (Phi) is 8.83. The highest BCUT2D eigenvalue weighted by Crippen LogP contribution is 2.25. The number of amides is 1. The van der Waals surface area contributed by atoms with Crippen LogP contribution in [0, 0.1) is 6.92 Å². The molecule has 38 heavy (non-hydrogen) atoms. The molecule has 4 aromatic rings. The van der Waals surface area contributed by atoms with Crippen molar-refractivity contribution in [3.63, 3.8) is 0 Å². The number of rotatable bonds is 11. The molecule has 1 aromatic heterocycles. The predicted octanol–water partition coefficient (Wildman–Crippen LogP) is 4.62. The summed E-state index contributed by atoms with van der Waals surface area (Å²) in [5.41, 5.74) is 3.10. The summed E-state index contributed by atoms with van der Waals surface area (Å²) in [6.07, 6.45) is 1.69. The highest BCUT2D eigenvalue weighted by molar-refractivity contribution is 7.89. The standard InChI is InChI=1S/C28H29ClN4O4S/c1-20-16-23(9-11-27(20)37-2)38(35,36)33(18-21-6-4-3-5-7-21)19-28(34)32-15-14-31-25-12-13-30-26-17-22(29)8-10-24(25)26/h3-13,16-17H,14-15,18-19H2,1-2H3,(H,30,31)(H,32,34). The summed E-state index contributed by atoms with van der Waals surface area (Å²) >= 11 is 6.06. The van der Waals surface area contributed by atoms with Gasteiger partial charge in [-0.3, -0.25) is 9.78 Å². The van der Waals surface area contributed by atoms with Gasteiger partial charge in [0.2, 0.25) is 15.9 Å². The van der Waals surface area contributed by atoms with Gasteiger partial charge >= 0.3 is 0 Å². The molecule has 0 spiro atoms. The minimum absolute atomic E-state index is 0.0610. The molecule has 0 fully saturated rings. The number of methoxy groups -OCH3 is 1. The van der Waals surface area contributed by atoms with Crippen LogP contribution in [0.1, 0.15) is 11.1 Å². The number of carbonyl (C=O) groups is 1. The maximum absolute atomic E-state index is 13.6. The number of benzene rings is 3. The molecule has 2 N–H and O–H groups in total. The molecule has 0 aliphatic rings. The van der Waals surface area contributed by atoms with Crippen molar-refractivity contribution in [3.05, 3.63) is 95.1 Å². The van der Waals surface area contributed by atoms with Crippen molar-refractivity contribution >= 4 is 44.1 Å². The number of nitrogens with zero attached hydrogens (tertiary/aromatic N) is 2. The molecule has 0 bridgehead atoms. The molecule has 0 aliphatic heterocycles. The minimum atomic E-state index is -3.96. The maximum Gasteiger partial charge on any atom is 0.243 e. The van der Waals surface area contributed by atoms with Crippen LogP contribution in [0.15, 0.2) is 83.9 Å². The number of hydrogen-bond donors (Lipinski definition) is 2. The molecule has 0 saturated carbocycles. The Hall–Kier alpha value is -3.66. The van der Waals surface area contributed by atoms with Crippen LogP contribution in [-0.2, 0) is 21.4 Å². The zero-order valence-corrected chi connectivity index (χ0v) is 22.7. The number of pyridine rings is 1. The fourth-order valence-corrected chi connectivity index (χ4v) is 5.70. The first-order valence-electron chi connectivity index (χ1n) is 12.0. The summed E-state index contributed by atoms with van der Waals surface area (Å²) in [5, 5.41) is 7.62. The number of fused-ring (bicyclic) bond motifs is 1. The number of carbonyl (C=O) groups excluding carboxylic acids is 1. The van der Waals surface area contributed by atoms with Crippen molar-refractivity contribution in [3.8, 4) is 5.75 Å². The monoisotopic (exact) mass is 552 g/mol. The largest absolute Gasteiger partial charge is 0.496 e. The van der Waals surface area contributed by atoms with Gasteiger partial charge < -0.3 is 15.4 Å². The van der Waals surface area contributed by atoms with Crippen molar-refractivity contribution in [2.75, 3.05) is 32.1 Å². The number of halogens is 1. The Bertz CT molecular complexity index is 1530. The Labute approximate surface area is 227 Å². The molecular formula is C28H29ClN4O4S. The van der Waals surface area contributed by atoms with E-state index in [-0.39, 0.29) is 18.0 Å². The number of nitrogens with one attached hydrogen (secondary N) is 2. The summed E-state index contributed by atoms with van der Waals surface area (Å²) in [7, 11) is -2.43. The second kappa shape index (κ2) is 12.3. The van der Waals surface area contributed by atoms with Gasteiger partial charge in [-0.05, 0) is 60.5 Å². The smallest absolute Gasteiger partial charge is 0.243 e. The van der Waals surface area contributed by atoms with Gasteiger partial charge in [-0.1, -0.05) is 41.9 Å². The molecule has 0 atom stereocenters. The van der Waals surface area contributed by atoms with Crippen molar-refractivity contribution < 1.29 is 17.9 Å². The molecule has 8 nitrogen and oxygen atoms in total. The maximum atomic E-state index is 13.6. The van der Waals surface area contributed by atoms with Gasteiger partial charge in [0.1, 0.15) is 5.75 Å². The van der Waals surface area contributed by atoms with Gasteiger partial charge in [0.25, 0.3) is 0 Å². The molecule has 10 heteroatoms. The van der Waals surface area contributed by atoms with Crippen LogP contribution < -0.4 is 15.4 Å². The third-order valence-electron chi connectivity index (χ3n) is 5.99. The van der Waals surface area contributed by atoms with Gasteiger partial charge in [0.05, 0.1) is 24.1 Å². The fourth-order valence-electron chi connectivity index (χ4n) is 4.06.